The molecule has 1 heterocycles. The molecule has 0 aliphatic carbocycles. The molecule has 0 N–H and O–H groups in total. The van der Waals surface area contributed by atoms with Crippen molar-refractivity contribution in [1.29, 1.82) is 0 Å². The number of likely N-dealkylation sites (tertiary alicyclic amines) is 1. The van der Waals surface area contributed by atoms with Crippen LogP contribution < -0.4 is 0 Å². The third-order valence-electron chi connectivity index (χ3n) is 3.44. The predicted molar refractivity (Wildman–Crippen MR) is 77.6 cm³/mol. The second-order valence-electron chi connectivity index (χ2n) is 6.50. The molecule has 19 heavy (non-hydrogen) atoms. The molecule has 0 saturated carbocycles. The summed E-state index contributed by atoms with van der Waals surface area (Å²) in [5.41, 5.74) is 0. The normalized spacial score (nSPS) is 24.8. The van der Waals surface area contributed by atoms with Crippen molar-refractivity contribution < 1.29 is 13.2 Å². The molecule has 0 radical (unpaired) electrons. The Kier molecular flexibility index (Phi) is 5.83. The number of amides is 1. The lowest BCUT2D eigenvalue weighted by Crippen LogP contribution is -2.43. The molecule has 0 aromatic carbocycles. The highest BCUT2D eigenvalue weighted by Crippen LogP contribution is 2.21. The standard InChI is InChI=1S/C14H27NO3S/c1-11(2)10-19(17,18)6-5-14(16)15-8-12(3)7-13(4)9-15/h11-13H,5-10H2,1-4H3. The van der Waals surface area contributed by atoms with Crippen LogP contribution in [0.1, 0.15) is 40.5 Å². The lowest BCUT2D eigenvalue weighted by Gasteiger charge is -2.35. The summed E-state index contributed by atoms with van der Waals surface area (Å²) in [5, 5.41) is 0. The predicted octanol–water partition coefficient (Wildman–Crippen LogP) is 1.95. The lowest BCUT2D eigenvalue weighted by atomic mass is 9.92. The molecule has 1 saturated heterocycles. The molecule has 1 amide bonds. The molecule has 0 aromatic heterocycles. The van der Waals surface area contributed by atoms with Crippen LogP contribution in [0.4, 0.5) is 0 Å². The SMILES string of the molecule is CC(C)CS(=O)(=O)CCC(=O)N1CC(C)CC(C)C1. The van der Waals surface area contributed by atoms with Crippen LogP contribution in [-0.4, -0.2) is 43.8 Å². The molecular weight excluding hydrogens is 262 g/mol. The molecule has 0 aromatic rings. The van der Waals surface area contributed by atoms with Crippen molar-refractivity contribution in [1.82, 2.24) is 4.90 Å². The van der Waals surface area contributed by atoms with Crippen LogP contribution in [0.2, 0.25) is 0 Å². The first kappa shape index (κ1) is 16.5. The van der Waals surface area contributed by atoms with Crippen molar-refractivity contribution in [2.24, 2.45) is 17.8 Å². The van der Waals surface area contributed by atoms with E-state index in [0.29, 0.717) is 11.8 Å². The maximum Gasteiger partial charge on any atom is 0.223 e. The molecule has 112 valence electrons. The average Bonchev–Trinajstić information content (AvgIpc) is 2.22. The monoisotopic (exact) mass is 289 g/mol. The van der Waals surface area contributed by atoms with Gasteiger partial charge in [0.05, 0.1) is 11.5 Å². The fourth-order valence-electron chi connectivity index (χ4n) is 2.86. The van der Waals surface area contributed by atoms with Crippen molar-refractivity contribution in [2.45, 2.75) is 40.5 Å². The number of nitrogens with zero attached hydrogens (tertiary/aromatic N) is 1. The smallest absolute Gasteiger partial charge is 0.223 e. The summed E-state index contributed by atoms with van der Waals surface area (Å²) in [7, 11) is -3.09. The highest BCUT2D eigenvalue weighted by molar-refractivity contribution is 7.91. The number of hydrogen-bond donors (Lipinski definition) is 0. The Labute approximate surface area is 117 Å². The summed E-state index contributed by atoms with van der Waals surface area (Å²) in [6.07, 6.45) is 1.28. The van der Waals surface area contributed by atoms with Gasteiger partial charge in [-0.05, 0) is 24.2 Å². The summed E-state index contributed by atoms with van der Waals surface area (Å²) >= 11 is 0. The van der Waals surface area contributed by atoms with Crippen LogP contribution >= 0.6 is 0 Å². The molecule has 4 nitrogen and oxygen atoms in total. The first-order chi connectivity index (χ1) is 8.69. The van der Waals surface area contributed by atoms with Gasteiger partial charge in [0, 0.05) is 19.5 Å². The Morgan fingerprint density at radius 2 is 1.74 bits per heavy atom. The first-order valence-electron chi connectivity index (χ1n) is 7.18. The van der Waals surface area contributed by atoms with Gasteiger partial charge in [0.1, 0.15) is 0 Å². The van der Waals surface area contributed by atoms with Crippen molar-refractivity contribution in [3.8, 4) is 0 Å². The number of piperidine rings is 1. The summed E-state index contributed by atoms with van der Waals surface area (Å²) in [5.74, 6) is 1.30. The van der Waals surface area contributed by atoms with E-state index in [2.05, 4.69) is 13.8 Å². The molecular formula is C14H27NO3S. The molecule has 2 atom stereocenters. The zero-order valence-electron chi connectivity index (χ0n) is 12.6. The average molecular weight is 289 g/mol. The van der Waals surface area contributed by atoms with E-state index in [-0.39, 0.29) is 29.8 Å². The summed E-state index contributed by atoms with van der Waals surface area (Å²) < 4.78 is 23.6. The van der Waals surface area contributed by atoms with E-state index in [0.717, 1.165) is 19.5 Å². The first-order valence-corrected chi connectivity index (χ1v) is 9.00. The number of rotatable bonds is 5. The molecule has 1 aliphatic heterocycles. The zero-order chi connectivity index (χ0) is 14.6. The van der Waals surface area contributed by atoms with Gasteiger partial charge in [-0.3, -0.25) is 4.79 Å². The van der Waals surface area contributed by atoms with E-state index >= 15 is 0 Å². The lowest BCUT2D eigenvalue weighted by molar-refractivity contribution is -0.133. The Hall–Kier alpha value is -0.580. The molecule has 1 fully saturated rings. The molecule has 0 spiro atoms. The van der Waals surface area contributed by atoms with Gasteiger partial charge < -0.3 is 4.90 Å². The summed E-state index contributed by atoms with van der Waals surface area (Å²) in [6.45, 7) is 9.60. The topological polar surface area (TPSA) is 54.5 Å². The van der Waals surface area contributed by atoms with Gasteiger partial charge in [-0.25, -0.2) is 8.42 Å². The van der Waals surface area contributed by atoms with Crippen LogP contribution in [0.5, 0.6) is 0 Å². The van der Waals surface area contributed by atoms with Crippen LogP contribution in [-0.2, 0) is 14.6 Å². The maximum atomic E-state index is 12.1. The third-order valence-corrected chi connectivity index (χ3v) is 5.44. The van der Waals surface area contributed by atoms with Gasteiger partial charge >= 0.3 is 0 Å². The van der Waals surface area contributed by atoms with E-state index < -0.39 is 9.84 Å². The number of hydrogen-bond acceptors (Lipinski definition) is 3. The van der Waals surface area contributed by atoms with Gasteiger partial charge in [-0.1, -0.05) is 27.7 Å². The van der Waals surface area contributed by atoms with E-state index in [1.54, 1.807) is 0 Å². The van der Waals surface area contributed by atoms with Crippen molar-refractivity contribution in [3.63, 3.8) is 0 Å². The Morgan fingerprint density at radius 3 is 2.21 bits per heavy atom. The Bertz CT molecular complexity index is 393. The molecule has 0 bridgehead atoms. The second-order valence-corrected chi connectivity index (χ2v) is 8.73. The number of sulfone groups is 1. The highest BCUT2D eigenvalue weighted by atomic mass is 32.2. The summed E-state index contributed by atoms with van der Waals surface area (Å²) in [4.78, 5) is 13.9. The number of carbonyl (C=O) groups is 1. The summed E-state index contributed by atoms with van der Waals surface area (Å²) in [6, 6.07) is 0. The molecule has 1 rings (SSSR count). The maximum absolute atomic E-state index is 12.1. The highest BCUT2D eigenvalue weighted by Gasteiger charge is 2.26. The van der Waals surface area contributed by atoms with E-state index in [9.17, 15) is 13.2 Å². The zero-order valence-corrected chi connectivity index (χ0v) is 13.4. The van der Waals surface area contributed by atoms with Gasteiger partial charge in [0.15, 0.2) is 9.84 Å². The van der Waals surface area contributed by atoms with Gasteiger partial charge in [-0.2, -0.15) is 0 Å². The largest absolute Gasteiger partial charge is 0.342 e. The fraction of sp³-hybridized carbons (Fsp3) is 0.929. The van der Waals surface area contributed by atoms with E-state index in [1.165, 1.54) is 0 Å². The minimum absolute atomic E-state index is 0.00858. The van der Waals surface area contributed by atoms with Crippen LogP contribution in [0.3, 0.4) is 0 Å². The van der Waals surface area contributed by atoms with Crippen LogP contribution in [0.15, 0.2) is 0 Å². The fourth-order valence-corrected chi connectivity index (χ4v) is 4.53. The number of carbonyl (C=O) groups excluding carboxylic acids is 1. The van der Waals surface area contributed by atoms with Crippen molar-refractivity contribution >= 4 is 15.7 Å². The van der Waals surface area contributed by atoms with E-state index in [1.807, 2.05) is 18.7 Å². The van der Waals surface area contributed by atoms with Crippen LogP contribution in [0, 0.1) is 17.8 Å². The van der Waals surface area contributed by atoms with Gasteiger partial charge in [0.25, 0.3) is 0 Å². The van der Waals surface area contributed by atoms with Gasteiger partial charge in [-0.15, -0.1) is 0 Å². The minimum Gasteiger partial charge on any atom is -0.342 e. The Balaban J connectivity index is 2.47. The second kappa shape index (κ2) is 6.73. The quantitative estimate of drug-likeness (QED) is 0.777. The molecule has 2 unspecified atom stereocenters. The van der Waals surface area contributed by atoms with Crippen molar-refractivity contribution in [3.05, 3.63) is 0 Å². The minimum atomic E-state index is -3.09. The third kappa shape index (κ3) is 5.93. The van der Waals surface area contributed by atoms with Crippen molar-refractivity contribution in [2.75, 3.05) is 24.6 Å². The van der Waals surface area contributed by atoms with Crippen LogP contribution in [0.25, 0.3) is 0 Å². The van der Waals surface area contributed by atoms with E-state index in [4.69, 9.17) is 0 Å². The molecule has 1 aliphatic rings. The Morgan fingerprint density at radius 1 is 1.21 bits per heavy atom. The van der Waals surface area contributed by atoms with Gasteiger partial charge in [0.2, 0.25) is 5.91 Å². The molecule has 5 heteroatoms.